The Hall–Kier alpha value is -2.45. The third-order valence-electron chi connectivity index (χ3n) is 7.10. The van der Waals surface area contributed by atoms with E-state index in [2.05, 4.69) is 20.0 Å². The normalized spacial score (nSPS) is 18.0. The highest BCUT2D eigenvalue weighted by atomic mass is 32.2. The first-order chi connectivity index (χ1) is 16.6. The predicted octanol–water partition coefficient (Wildman–Crippen LogP) is 4.37. The highest BCUT2D eigenvalue weighted by Crippen LogP contribution is 2.26. The molecule has 0 spiro atoms. The van der Waals surface area contributed by atoms with Gasteiger partial charge in [-0.05, 0) is 50.3 Å². The first-order valence-electron chi connectivity index (χ1n) is 12.5. The van der Waals surface area contributed by atoms with Crippen LogP contribution in [0.25, 0.3) is 5.78 Å². The fourth-order valence-electron chi connectivity index (χ4n) is 5.24. The number of thioether (sulfide) groups is 1. The molecule has 2 fully saturated rings. The Morgan fingerprint density at radius 1 is 1.03 bits per heavy atom. The predicted molar refractivity (Wildman–Crippen MR) is 135 cm³/mol. The molecule has 1 saturated carbocycles. The van der Waals surface area contributed by atoms with E-state index >= 15 is 0 Å². The second-order valence-corrected chi connectivity index (χ2v) is 10.6. The van der Waals surface area contributed by atoms with Gasteiger partial charge in [0, 0.05) is 55.4 Å². The Kier molecular flexibility index (Phi) is 7.15. The lowest BCUT2D eigenvalue weighted by Crippen LogP contribution is -2.50. The van der Waals surface area contributed by atoms with Crippen LogP contribution in [0.2, 0.25) is 0 Å². The SMILES string of the molecule is Cc1cc(C)n2nc(SCc3ccccc3C(=O)N3CCN(CC4CCCCC4)CC3)nc2n1. The molecule has 3 heterocycles. The van der Waals surface area contributed by atoms with Crippen LogP contribution >= 0.6 is 11.8 Å². The molecule has 1 aliphatic heterocycles. The summed E-state index contributed by atoms with van der Waals surface area (Å²) in [5.41, 5.74) is 3.77. The maximum absolute atomic E-state index is 13.4. The van der Waals surface area contributed by atoms with Gasteiger partial charge in [-0.25, -0.2) is 9.50 Å². The fraction of sp³-hybridized carbons (Fsp3) is 0.538. The van der Waals surface area contributed by atoms with Crippen LogP contribution in [0, 0.1) is 19.8 Å². The van der Waals surface area contributed by atoms with E-state index in [9.17, 15) is 4.79 Å². The number of hydrogen-bond acceptors (Lipinski definition) is 6. The standard InChI is InChI=1S/C26H34N6OS/c1-19-16-20(2)32-25(27-19)28-26(29-32)34-18-22-10-6-7-11-23(22)24(33)31-14-12-30(13-15-31)17-21-8-4-3-5-9-21/h6-7,10-11,16,21H,3-5,8-9,12-15,17-18H2,1-2H3. The molecule has 34 heavy (non-hydrogen) atoms. The number of aryl methyl sites for hydroxylation is 2. The van der Waals surface area contributed by atoms with E-state index in [0.717, 1.165) is 54.6 Å². The molecule has 0 unspecified atom stereocenters. The van der Waals surface area contributed by atoms with Gasteiger partial charge >= 0.3 is 0 Å². The van der Waals surface area contributed by atoms with Gasteiger partial charge in [-0.2, -0.15) is 4.98 Å². The maximum Gasteiger partial charge on any atom is 0.254 e. The van der Waals surface area contributed by atoms with Crippen LogP contribution in [0.1, 0.15) is 59.4 Å². The van der Waals surface area contributed by atoms with E-state index in [4.69, 9.17) is 0 Å². The van der Waals surface area contributed by atoms with Gasteiger partial charge in [-0.3, -0.25) is 9.69 Å². The number of benzene rings is 1. The third kappa shape index (κ3) is 5.28. The molecular formula is C26H34N6OS. The lowest BCUT2D eigenvalue weighted by molar-refractivity contribution is 0.0605. The number of amides is 1. The summed E-state index contributed by atoms with van der Waals surface area (Å²) in [6.07, 6.45) is 6.93. The summed E-state index contributed by atoms with van der Waals surface area (Å²) in [5, 5.41) is 5.27. The molecule has 7 nitrogen and oxygen atoms in total. The second kappa shape index (κ2) is 10.4. The topological polar surface area (TPSA) is 66.6 Å². The number of rotatable bonds is 6. The number of piperazine rings is 1. The van der Waals surface area contributed by atoms with E-state index in [1.165, 1.54) is 38.6 Å². The number of aromatic nitrogens is 4. The van der Waals surface area contributed by atoms with Crippen molar-refractivity contribution in [3.05, 3.63) is 52.8 Å². The van der Waals surface area contributed by atoms with Gasteiger partial charge in [0.2, 0.25) is 5.16 Å². The van der Waals surface area contributed by atoms with Gasteiger partial charge in [-0.15, -0.1) is 5.10 Å². The Morgan fingerprint density at radius 3 is 2.59 bits per heavy atom. The van der Waals surface area contributed by atoms with Gasteiger partial charge in [0.1, 0.15) is 0 Å². The first kappa shape index (κ1) is 23.3. The van der Waals surface area contributed by atoms with Crippen molar-refractivity contribution in [3.63, 3.8) is 0 Å². The Balaban J connectivity index is 1.21. The number of hydrogen-bond donors (Lipinski definition) is 0. The Morgan fingerprint density at radius 2 is 1.79 bits per heavy atom. The van der Waals surface area contributed by atoms with Gasteiger partial charge in [0.15, 0.2) is 0 Å². The fourth-order valence-corrected chi connectivity index (χ4v) is 6.07. The van der Waals surface area contributed by atoms with Crippen molar-refractivity contribution in [3.8, 4) is 0 Å². The number of carbonyl (C=O) groups is 1. The molecule has 2 aliphatic rings. The molecular weight excluding hydrogens is 444 g/mol. The van der Waals surface area contributed by atoms with Crippen molar-refractivity contribution in [2.75, 3.05) is 32.7 Å². The van der Waals surface area contributed by atoms with Crippen LogP contribution in [0.5, 0.6) is 0 Å². The molecule has 180 valence electrons. The van der Waals surface area contributed by atoms with Crippen molar-refractivity contribution >= 4 is 23.4 Å². The number of fused-ring (bicyclic) bond motifs is 1. The smallest absolute Gasteiger partial charge is 0.254 e. The molecule has 5 rings (SSSR count). The molecule has 0 radical (unpaired) electrons. The zero-order chi connectivity index (χ0) is 23.5. The van der Waals surface area contributed by atoms with E-state index < -0.39 is 0 Å². The van der Waals surface area contributed by atoms with E-state index in [1.807, 2.05) is 49.1 Å². The van der Waals surface area contributed by atoms with E-state index in [0.29, 0.717) is 16.7 Å². The largest absolute Gasteiger partial charge is 0.336 e. The van der Waals surface area contributed by atoms with Crippen LogP contribution in [-0.2, 0) is 5.75 Å². The van der Waals surface area contributed by atoms with Crippen molar-refractivity contribution in [2.45, 2.75) is 56.9 Å². The molecule has 3 aromatic rings. The summed E-state index contributed by atoms with van der Waals surface area (Å²) in [7, 11) is 0. The van der Waals surface area contributed by atoms with Crippen LogP contribution in [0.3, 0.4) is 0 Å². The van der Waals surface area contributed by atoms with Crippen molar-refractivity contribution in [1.29, 1.82) is 0 Å². The van der Waals surface area contributed by atoms with E-state index in [1.54, 1.807) is 16.3 Å². The van der Waals surface area contributed by atoms with Gasteiger partial charge in [0.25, 0.3) is 11.7 Å². The first-order valence-corrected chi connectivity index (χ1v) is 13.5. The number of nitrogens with zero attached hydrogens (tertiary/aromatic N) is 6. The van der Waals surface area contributed by atoms with Crippen LogP contribution in [0.4, 0.5) is 0 Å². The summed E-state index contributed by atoms with van der Waals surface area (Å²) < 4.78 is 1.78. The maximum atomic E-state index is 13.4. The zero-order valence-electron chi connectivity index (χ0n) is 20.2. The summed E-state index contributed by atoms with van der Waals surface area (Å²) in [6, 6.07) is 9.96. The molecule has 1 aromatic carbocycles. The quantitative estimate of drug-likeness (QED) is 0.490. The molecule has 8 heteroatoms. The van der Waals surface area contributed by atoms with Gasteiger partial charge in [-0.1, -0.05) is 49.2 Å². The van der Waals surface area contributed by atoms with Gasteiger partial charge < -0.3 is 4.90 Å². The minimum Gasteiger partial charge on any atom is -0.336 e. The van der Waals surface area contributed by atoms with Crippen LogP contribution in [-0.4, -0.2) is 68.0 Å². The second-order valence-electron chi connectivity index (χ2n) is 9.69. The van der Waals surface area contributed by atoms with Crippen molar-refractivity contribution in [2.24, 2.45) is 5.92 Å². The lowest BCUT2D eigenvalue weighted by atomic mass is 9.89. The summed E-state index contributed by atoms with van der Waals surface area (Å²) in [4.78, 5) is 27.0. The summed E-state index contributed by atoms with van der Waals surface area (Å²) in [6.45, 7) is 8.76. The van der Waals surface area contributed by atoms with Crippen molar-refractivity contribution < 1.29 is 4.79 Å². The zero-order valence-corrected chi connectivity index (χ0v) is 21.1. The average molecular weight is 479 g/mol. The molecule has 1 aliphatic carbocycles. The molecule has 0 bridgehead atoms. The minimum absolute atomic E-state index is 0.143. The molecule has 1 amide bonds. The van der Waals surface area contributed by atoms with Crippen LogP contribution in [0.15, 0.2) is 35.5 Å². The Labute approximate surface area is 206 Å². The summed E-state index contributed by atoms with van der Waals surface area (Å²) in [5.74, 6) is 2.27. The highest BCUT2D eigenvalue weighted by molar-refractivity contribution is 7.98. The Bertz CT molecular complexity index is 1150. The molecule has 0 N–H and O–H groups in total. The summed E-state index contributed by atoms with van der Waals surface area (Å²) >= 11 is 1.55. The van der Waals surface area contributed by atoms with Crippen molar-refractivity contribution in [1.82, 2.24) is 29.4 Å². The lowest BCUT2D eigenvalue weighted by Gasteiger charge is -2.37. The monoisotopic (exact) mass is 478 g/mol. The average Bonchev–Trinajstić information content (AvgIpc) is 3.27. The van der Waals surface area contributed by atoms with Gasteiger partial charge in [0.05, 0.1) is 0 Å². The molecule has 0 atom stereocenters. The minimum atomic E-state index is 0.143. The molecule has 2 aromatic heterocycles. The molecule has 1 saturated heterocycles. The van der Waals surface area contributed by atoms with Crippen LogP contribution < -0.4 is 0 Å². The highest BCUT2D eigenvalue weighted by Gasteiger charge is 2.25. The van der Waals surface area contributed by atoms with E-state index in [-0.39, 0.29) is 5.91 Å². The third-order valence-corrected chi connectivity index (χ3v) is 7.99. The number of carbonyl (C=O) groups excluding carboxylic acids is 1.